The molecule has 2 amide bonds. The summed E-state index contributed by atoms with van der Waals surface area (Å²) in [5.41, 5.74) is 0.701. The molecule has 3 atom stereocenters. The van der Waals surface area contributed by atoms with Crippen molar-refractivity contribution in [1.29, 1.82) is 0 Å². The molecule has 3 aliphatic rings. The van der Waals surface area contributed by atoms with Gasteiger partial charge in [-0.2, -0.15) is 0 Å². The molecule has 13 heteroatoms. The molecule has 2 aromatic rings. The van der Waals surface area contributed by atoms with E-state index in [0.29, 0.717) is 0 Å². The lowest BCUT2D eigenvalue weighted by Gasteiger charge is -2.47. The highest BCUT2D eigenvalue weighted by Gasteiger charge is 2.62. The first-order chi connectivity index (χ1) is 18.8. The van der Waals surface area contributed by atoms with Crippen LogP contribution in [0.5, 0.6) is 11.5 Å². The molecule has 40 heavy (non-hydrogen) atoms. The summed E-state index contributed by atoms with van der Waals surface area (Å²) < 4.78 is 15.3. The van der Waals surface area contributed by atoms with E-state index in [1.807, 2.05) is 4.90 Å². The first kappa shape index (κ1) is 27.5. The zero-order valence-corrected chi connectivity index (χ0v) is 21.8. The number of aliphatic hydroxyl groups excluding tert-OH is 1. The van der Waals surface area contributed by atoms with E-state index in [-0.39, 0.29) is 29.6 Å². The minimum absolute atomic E-state index is 0.0156. The van der Waals surface area contributed by atoms with Crippen LogP contribution in [0.3, 0.4) is 0 Å². The Hall–Kier alpha value is -4.07. The Morgan fingerprint density at radius 2 is 1.80 bits per heavy atom. The van der Waals surface area contributed by atoms with Gasteiger partial charge in [0, 0.05) is 17.4 Å². The number of nitrogens with zero attached hydrogens (tertiary/aromatic N) is 2. The second kappa shape index (κ2) is 9.54. The number of Topliss-reactive ketones (excluding diaryl/α,β-unsaturated/α-hetero) is 2. The molecule has 12 nitrogen and oxygen atoms in total. The van der Waals surface area contributed by atoms with E-state index < -0.39 is 80.5 Å². The highest BCUT2D eigenvalue weighted by atomic mass is 19.1. The van der Waals surface area contributed by atoms with Crippen molar-refractivity contribution < 1.29 is 44.0 Å². The van der Waals surface area contributed by atoms with E-state index >= 15 is 4.39 Å². The molecule has 1 saturated heterocycles. The molecule has 0 aromatic heterocycles. The van der Waals surface area contributed by atoms with Crippen molar-refractivity contribution >= 4 is 39.8 Å². The Labute approximate surface area is 227 Å². The lowest BCUT2D eigenvalue weighted by Crippen LogP contribution is -2.64. The van der Waals surface area contributed by atoms with Crippen LogP contribution in [0.4, 0.5) is 10.1 Å². The van der Waals surface area contributed by atoms with Gasteiger partial charge in [0.25, 0.3) is 5.91 Å². The average molecular weight is 557 g/mol. The molecular formula is C27H29FN4O8. The van der Waals surface area contributed by atoms with Crippen LogP contribution in [0.15, 0.2) is 23.5 Å². The lowest BCUT2D eigenvalue weighted by molar-refractivity contribution is -0.132. The monoisotopic (exact) mass is 556 g/mol. The number of nitrogens with two attached hydrogens (primary N) is 1. The first-order valence-corrected chi connectivity index (χ1v) is 12.7. The van der Waals surface area contributed by atoms with Gasteiger partial charge in [0.2, 0.25) is 11.7 Å². The number of halogens is 1. The van der Waals surface area contributed by atoms with Crippen LogP contribution >= 0.6 is 0 Å². The number of aliphatic hydroxyl groups is 2. The molecular weight excluding hydrogens is 527 g/mol. The summed E-state index contributed by atoms with van der Waals surface area (Å²) in [5.74, 6) is -9.12. The molecule has 0 spiro atoms. The zero-order valence-electron chi connectivity index (χ0n) is 21.8. The van der Waals surface area contributed by atoms with Crippen LogP contribution in [0.1, 0.15) is 28.8 Å². The number of likely N-dealkylation sites (N-methyl/N-ethyl adjacent to an activating group) is 1. The Balaban J connectivity index is 1.66. The number of benzene rings is 2. The van der Waals surface area contributed by atoms with E-state index in [0.717, 1.165) is 32.0 Å². The van der Waals surface area contributed by atoms with Crippen molar-refractivity contribution in [2.75, 3.05) is 39.0 Å². The van der Waals surface area contributed by atoms with Gasteiger partial charge in [-0.05, 0) is 58.1 Å². The number of carbonyl (C=O) groups is 4. The van der Waals surface area contributed by atoms with Gasteiger partial charge >= 0.3 is 0 Å². The molecule has 0 radical (unpaired) electrons. The fourth-order valence-electron chi connectivity index (χ4n) is 6.24. The third kappa shape index (κ3) is 3.92. The Morgan fingerprint density at radius 3 is 2.40 bits per heavy atom. The Kier molecular flexibility index (Phi) is 6.56. The standard InChI is InChI=1S/C27H29FN4O8/c1-31(2)20-13-8-11-7-12-14(28)9-15(30-16(33)10-32-5-3-4-6-32)21(34)18(12)22(35)17(11)24(37)27(13,40)25(38)19(23(20)36)26(29)39/h7,9,13,20,34-35,38,40H,3-6,8,10H2,1-2H3,(H2,29,39)(H,30,33)/t13-,20-,27-/m0/s1. The predicted octanol–water partition coefficient (Wildman–Crippen LogP) is 0.321. The van der Waals surface area contributed by atoms with Crippen LogP contribution in [0.25, 0.3) is 10.8 Å². The van der Waals surface area contributed by atoms with E-state index in [4.69, 9.17) is 5.73 Å². The number of likely N-dealkylation sites (tertiary alicyclic amines) is 1. The topological polar surface area (TPSA) is 194 Å². The van der Waals surface area contributed by atoms with Crippen LogP contribution in [0, 0.1) is 11.7 Å². The van der Waals surface area contributed by atoms with Crippen LogP contribution in [-0.2, 0) is 20.8 Å². The summed E-state index contributed by atoms with van der Waals surface area (Å²) >= 11 is 0. The number of ketones is 2. The molecule has 7 N–H and O–H groups in total. The van der Waals surface area contributed by atoms with Crippen molar-refractivity contribution in [1.82, 2.24) is 9.80 Å². The molecule has 1 fully saturated rings. The predicted molar refractivity (Wildman–Crippen MR) is 139 cm³/mol. The second-order valence-electron chi connectivity index (χ2n) is 10.7. The number of primary amides is 1. The average Bonchev–Trinajstić information content (AvgIpc) is 3.37. The molecule has 1 heterocycles. The van der Waals surface area contributed by atoms with Crippen molar-refractivity contribution in [3.63, 3.8) is 0 Å². The maximum absolute atomic E-state index is 15.3. The van der Waals surface area contributed by atoms with Crippen molar-refractivity contribution in [2.45, 2.75) is 30.9 Å². The van der Waals surface area contributed by atoms with Gasteiger partial charge in [0.15, 0.2) is 17.1 Å². The lowest BCUT2D eigenvalue weighted by atomic mass is 9.62. The highest BCUT2D eigenvalue weighted by Crippen LogP contribution is 2.50. The van der Waals surface area contributed by atoms with Gasteiger partial charge in [-0.3, -0.25) is 29.0 Å². The Morgan fingerprint density at radius 1 is 1.15 bits per heavy atom. The number of rotatable bonds is 5. The summed E-state index contributed by atoms with van der Waals surface area (Å²) in [4.78, 5) is 54.7. The molecule has 2 aromatic carbocycles. The molecule has 0 bridgehead atoms. The third-order valence-corrected chi connectivity index (χ3v) is 8.09. The quantitative estimate of drug-likeness (QED) is 0.221. The van der Waals surface area contributed by atoms with Gasteiger partial charge in [-0.25, -0.2) is 4.39 Å². The summed E-state index contributed by atoms with van der Waals surface area (Å²) in [7, 11) is 2.94. The molecule has 0 saturated carbocycles. The molecule has 1 aliphatic heterocycles. The van der Waals surface area contributed by atoms with E-state index in [1.54, 1.807) is 0 Å². The number of nitrogens with one attached hydrogen (secondary N) is 1. The zero-order chi connectivity index (χ0) is 29.3. The minimum atomic E-state index is -2.83. The van der Waals surface area contributed by atoms with Crippen LogP contribution in [-0.4, -0.2) is 99.0 Å². The first-order valence-electron chi connectivity index (χ1n) is 12.7. The molecule has 0 unspecified atom stereocenters. The van der Waals surface area contributed by atoms with Gasteiger partial charge in [0.1, 0.15) is 22.9 Å². The number of anilines is 1. The number of fused-ring (bicyclic) bond motifs is 3. The van der Waals surface area contributed by atoms with Gasteiger partial charge in [-0.1, -0.05) is 0 Å². The maximum atomic E-state index is 15.3. The van der Waals surface area contributed by atoms with Crippen LogP contribution < -0.4 is 11.1 Å². The number of hydrogen-bond donors (Lipinski definition) is 6. The largest absolute Gasteiger partial charge is 0.508 e. The normalized spacial score (nSPS) is 24.9. The van der Waals surface area contributed by atoms with Gasteiger partial charge < -0.3 is 31.5 Å². The SMILES string of the molecule is CN(C)[C@@H]1C(=O)C(C(N)=O)=C(O)[C@@]2(O)C(=O)c3c(cc4c(F)cc(NC(=O)CN5CCCC5)c(O)c4c3O)C[C@@H]12. The van der Waals surface area contributed by atoms with E-state index in [2.05, 4.69) is 5.32 Å². The molecule has 2 aliphatic carbocycles. The van der Waals surface area contributed by atoms with Crippen LogP contribution in [0.2, 0.25) is 0 Å². The third-order valence-electron chi connectivity index (χ3n) is 8.09. The van der Waals surface area contributed by atoms with Gasteiger partial charge in [-0.15, -0.1) is 0 Å². The highest BCUT2D eigenvalue weighted by molar-refractivity contribution is 6.25. The number of amides is 2. The van der Waals surface area contributed by atoms with Crippen molar-refractivity contribution in [2.24, 2.45) is 11.7 Å². The van der Waals surface area contributed by atoms with Crippen molar-refractivity contribution in [3.05, 3.63) is 40.4 Å². The number of aromatic hydroxyl groups is 2. The molecule has 212 valence electrons. The Bertz CT molecular complexity index is 1530. The summed E-state index contributed by atoms with van der Waals surface area (Å²) in [5, 5.41) is 46.3. The van der Waals surface area contributed by atoms with Crippen molar-refractivity contribution in [3.8, 4) is 11.5 Å². The summed E-state index contributed by atoms with van der Waals surface area (Å²) in [6.07, 6.45) is 1.59. The van der Waals surface area contributed by atoms with E-state index in [1.165, 1.54) is 25.1 Å². The summed E-state index contributed by atoms with van der Waals surface area (Å²) in [6.45, 7) is 1.47. The fraction of sp³-hybridized carbons (Fsp3) is 0.407. The maximum Gasteiger partial charge on any atom is 0.255 e. The smallest absolute Gasteiger partial charge is 0.255 e. The number of phenolic OH excluding ortho intramolecular Hbond substituents is 2. The second-order valence-corrected chi connectivity index (χ2v) is 10.7. The van der Waals surface area contributed by atoms with E-state index in [9.17, 15) is 39.6 Å². The number of carbonyl (C=O) groups excluding carboxylic acids is 4. The number of phenols is 2. The van der Waals surface area contributed by atoms with Gasteiger partial charge in [0.05, 0.1) is 29.2 Å². The summed E-state index contributed by atoms with van der Waals surface area (Å²) in [6, 6.07) is 0.825. The minimum Gasteiger partial charge on any atom is -0.508 e. The fourth-order valence-corrected chi connectivity index (χ4v) is 6.24. The number of hydrogen-bond acceptors (Lipinski definition) is 10. The molecule has 5 rings (SSSR count).